The summed E-state index contributed by atoms with van der Waals surface area (Å²) in [6.45, 7) is 0.433. The minimum Gasteiger partial charge on any atom is -0.449 e. The van der Waals surface area contributed by atoms with Gasteiger partial charge < -0.3 is 15.4 Å². The third kappa shape index (κ3) is 4.47. The molecule has 0 heterocycles. The molecule has 30 heavy (non-hydrogen) atoms. The maximum absolute atomic E-state index is 13.4. The number of carbonyl (C=O) groups excluding carboxylic acids is 2. The van der Waals surface area contributed by atoms with E-state index in [1.54, 1.807) is 12.1 Å². The van der Waals surface area contributed by atoms with Gasteiger partial charge in [-0.25, -0.2) is 9.18 Å². The van der Waals surface area contributed by atoms with E-state index < -0.39 is 11.9 Å². The summed E-state index contributed by atoms with van der Waals surface area (Å²) in [7, 11) is 0. The molecule has 0 aromatic heterocycles. The van der Waals surface area contributed by atoms with E-state index >= 15 is 0 Å². The van der Waals surface area contributed by atoms with Gasteiger partial charge in [0.25, 0.3) is 0 Å². The van der Waals surface area contributed by atoms with E-state index in [-0.39, 0.29) is 40.7 Å². The molecule has 0 atom stereocenters. The smallest absolute Gasteiger partial charge is 0.411 e. The molecule has 0 unspecified atom stereocenters. The lowest BCUT2D eigenvalue weighted by molar-refractivity contribution is -0.181. The molecule has 9 heteroatoms. The van der Waals surface area contributed by atoms with E-state index in [4.69, 9.17) is 27.9 Å². The van der Waals surface area contributed by atoms with Crippen LogP contribution in [-0.4, -0.2) is 30.7 Å². The maximum atomic E-state index is 13.4. The summed E-state index contributed by atoms with van der Waals surface area (Å²) < 4.78 is 18.7. The predicted molar refractivity (Wildman–Crippen MR) is 113 cm³/mol. The first kappa shape index (κ1) is 20.8. The molecule has 3 aliphatic carbocycles. The largest absolute Gasteiger partial charge is 0.449 e. The van der Waals surface area contributed by atoms with Gasteiger partial charge in [-0.15, -0.1) is 0 Å². The van der Waals surface area contributed by atoms with Gasteiger partial charge in [-0.3, -0.25) is 10.1 Å². The molecule has 2 aromatic carbocycles. The van der Waals surface area contributed by atoms with Crippen molar-refractivity contribution < 1.29 is 18.7 Å². The number of rotatable bonds is 7. The molecular weight excluding hydrogens is 432 g/mol. The van der Waals surface area contributed by atoms with Crippen molar-refractivity contribution in [3.8, 4) is 0 Å². The Hall–Kier alpha value is -2.51. The average Bonchev–Trinajstić information content (AvgIpc) is 2.65. The van der Waals surface area contributed by atoms with Crippen LogP contribution in [0.5, 0.6) is 0 Å². The standard InChI is InChI=1S/C21H20Cl2FN3O3/c22-13-1-3-14(4-2-13)25-8-18(28)27-21-9-20(10-21,11-21)12-30-19(29)26-15-5-6-16(23)17(24)7-15/h1-7,25H,8-12H2,(H,26,29)(H,27,28). The van der Waals surface area contributed by atoms with E-state index in [0.717, 1.165) is 31.0 Å². The second kappa shape index (κ2) is 7.96. The zero-order valence-corrected chi connectivity index (χ0v) is 17.4. The Kier molecular flexibility index (Phi) is 5.51. The highest BCUT2D eigenvalue weighted by molar-refractivity contribution is 6.31. The average molecular weight is 452 g/mol. The maximum Gasteiger partial charge on any atom is 0.411 e. The first-order chi connectivity index (χ1) is 14.3. The second-order valence-corrected chi connectivity index (χ2v) is 8.89. The fourth-order valence-electron chi connectivity index (χ4n) is 4.32. The first-order valence-corrected chi connectivity index (χ1v) is 10.2. The van der Waals surface area contributed by atoms with Crippen molar-refractivity contribution in [3.63, 3.8) is 0 Å². The van der Waals surface area contributed by atoms with Gasteiger partial charge in [0, 0.05) is 27.4 Å². The number of carbonyl (C=O) groups is 2. The van der Waals surface area contributed by atoms with Crippen LogP contribution >= 0.6 is 23.2 Å². The number of hydrogen-bond donors (Lipinski definition) is 3. The number of benzene rings is 2. The van der Waals surface area contributed by atoms with Crippen molar-refractivity contribution in [1.82, 2.24) is 5.32 Å². The Bertz CT molecular complexity index is 964. The van der Waals surface area contributed by atoms with Gasteiger partial charge in [0.05, 0.1) is 18.2 Å². The summed E-state index contributed by atoms with van der Waals surface area (Å²) in [4.78, 5) is 24.1. The van der Waals surface area contributed by atoms with Crippen LogP contribution in [0, 0.1) is 11.2 Å². The molecule has 0 saturated heterocycles. The summed E-state index contributed by atoms with van der Waals surface area (Å²) in [5, 5.41) is 9.23. The lowest BCUT2D eigenvalue weighted by atomic mass is 9.39. The summed E-state index contributed by atoms with van der Waals surface area (Å²) in [6, 6.07) is 11.1. The van der Waals surface area contributed by atoms with Crippen LogP contribution in [0.2, 0.25) is 10.0 Å². The van der Waals surface area contributed by atoms with Crippen LogP contribution in [0.25, 0.3) is 0 Å². The number of nitrogens with one attached hydrogen (secondary N) is 3. The van der Waals surface area contributed by atoms with Crippen molar-refractivity contribution in [2.24, 2.45) is 5.41 Å². The van der Waals surface area contributed by atoms with Gasteiger partial charge in [0.15, 0.2) is 0 Å². The van der Waals surface area contributed by atoms with E-state index in [1.807, 2.05) is 12.1 Å². The van der Waals surface area contributed by atoms with Crippen molar-refractivity contribution in [1.29, 1.82) is 0 Å². The highest BCUT2D eigenvalue weighted by atomic mass is 35.5. The van der Waals surface area contributed by atoms with Crippen molar-refractivity contribution in [2.75, 3.05) is 23.8 Å². The molecule has 3 saturated carbocycles. The molecule has 6 nitrogen and oxygen atoms in total. The van der Waals surface area contributed by atoms with Gasteiger partial charge in [0.1, 0.15) is 5.82 Å². The number of hydrogen-bond acceptors (Lipinski definition) is 4. The second-order valence-electron chi connectivity index (χ2n) is 8.05. The molecule has 2 amide bonds. The summed E-state index contributed by atoms with van der Waals surface area (Å²) in [5.41, 5.74) is 0.817. The quantitative estimate of drug-likeness (QED) is 0.562. The molecule has 158 valence electrons. The number of halogens is 3. The molecule has 0 aliphatic heterocycles. The van der Waals surface area contributed by atoms with Crippen molar-refractivity contribution >= 4 is 46.6 Å². The zero-order chi connectivity index (χ0) is 21.4. The minimum atomic E-state index is -0.647. The molecule has 0 radical (unpaired) electrons. The third-order valence-electron chi connectivity index (χ3n) is 5.52. The minimum absolute atomic E-state index is 0.0153. The number of anilines is 2. The van der Waals surface area contributed by atoms with Gasteiger partial charge in [0.2, 0.25) is 5.91 Å². The Balaban J connectivity index is 1.16. The third-order valence-corrected chi connectivity index (χ3v) is 6.08. The summed E-state index contributed by atoms with van der Waals surface area (Å²) >= 11 is 11.5. The summed E-state index contributed by atoms with van der Waals surface area (Å²) in [5.74, 6) is -0.696. The molecule has 3 fully saturated rings. The molecule has 2 bridgehead atoms. The Labute approximate surface area is 183 Å². The monoisotopic (exact) mass is 451 g/mol. The SMILES string of the molecule is O=C(CNc1ccc(Cl)cc1)NC12CC(COC(=O)Nc3ccc(Cl)c(F)c3)(C1)C2. The molecular formula is C21H20Cl2FN3O3. The number of amides is 2. The number of ether oxygens (including phenoxy) is 1. The topological polar surface area (TPSA) is 79.5 Å². The van der Waals surface area contributed by atoms with Crippen LogP contribution in [0.1, 0.15) is 19.3 Å². The Morgan fingerprint density at radius 1 is 1.03 bits per heavy atom. The fourth-order valence-corrected chi connectivity index (χ4v) is 4.56. The van der Waals surface area contributed by atoms with Crippen LogP contribution in [0.3, 0.4) is 0 Å². The Morgan fingerprint density at radius 2 is 1.70 bits per heavy atom. The van der Waals surface area contributed by atoms with Gasteiger partial charge in [-0.2, -0.15) is 0 Å². The Morgan fingerprint density at radius 3 is 2.37 bits per heavy atom. The molecule has 3 N–H and O–H groups in total. The normalized spacial score (nSPS) is 23.6. The van der Waals surface area contributed by atoms with Crippen molar-refractivity contribution in [3.05, 3.63) is 58.3 Å². The summed E-state index contributed by atoms with van der Waals surface area (Å²) in [6.07, 6.45) is 1.67. The fraction of sp³-hybridized carbons (Fsp3) is 0.333. The van der Waals surface area contributed by atoms with Crippen LogP contribution in [0.4, 0.5) is 20.6 Å². The van der Waals surface area contributed by atoms with Crippen LogP contribution < -0.4 is 16.0 Å². The van der Waals surface area contributed by atoms with Crippen LogP contribution in [-0.2, 0) is 9.53 Å². The highest BCUT2D eigenvalue weighted by Gasteiger charge is 2.68. The lowest BCUT2D eigenvalue weighted by Crippen LogP contribution is -2.76. The van der Waals surface area contributed by atoms with Crippen molar-refractivity contribution in [2.45, 2.75) is 24.8 Å². The molecule has 2 aromatic rings. The van der Waals surface area contributed by atoms with Gasteiger partial charge in [-0.1, -0.05) is 23.2 Å². The van der Waals surface area contributed by atoms with E-state index in [1.165, 1.54) is 12.1 Å². The van der Waals surface area contributed by atoms with Gasteiger partial charge >= 0.3 is 6.09 Å². The van der Waals surface area contributed by atoms with E-state index in [2.05, 4.69) is 16.0 Å². The predicted octanol–water partition coefficient (Wildman–Crippen LogP) is 4.83. The van der Waals surface area contributed by atoms with E-state index in [9.17, 15) is 14.0 Å². The van der Waals surface area contributed by atoms with E-state index in [0.29, 0.717) is 5.02 Å². The zero-order valence-electron chi connectivity index (χ0n) is 15.9. The van der Waals surface area contributed by atoms with Gasteiger partial charge in [-0.05, 0) is 61.7 Å². The lowest BCUT2D eigenvalue weighted by Gasteiger charge is -2.70. The molecule has 5 rings (SSSR count). The molecule has 3 aliphatic rings. The molecule has 0 spiro atoms. The highest BCUT2D eigenvalue weighted by Crippen LogP contribution is 2.67. The first-order valence-electron chi connectivity index (χ1n) is 9.46. The van der Waals surface area contributed by atoms with Crippen LogP contribution in [0.15, 0.2) is 42.5 Å².